The second-order valence-electron chi connectivity index (χ2n) is 4.42. The fourth-order valence-electron chi connectivity index (χ4n) is 1.58. The first kappa shape index (κ1) is 19.7. The minimum Gasteiger partial charge on any atom is -0.450 e. The van der Waals surface area contributed by atoms with Gasteiger partial charge in [-0.25, -0.2) is 9.59 Å². The summed E-state index contributed by atoms with van der Waals surface area (Å²) in [5, 5.41) is 6.49. The molecule has 0 saturated heterocycles. The fourth-order valence-corrected chi connectivity index (χ4v) is 1.58. The van der Waals surface area contributed by atoms with Crippen LogP contribution >= 0.6 is 0 Å². The van der Waals surface area contributed by atoms with Crippen LogP contribution in [-0.2, 0) is 19.1 Å². The predicted octanol–water partition coefficient (Wildman–Crippen LogP) is 1.53. The fraction of sp³-hybridized carbons (Fsp3) is 0.250. The molecule has 0 saturated carbocycles. The minimum absolute atomic E-state index is 0.0510. The van der Waals surface area contributed by atoms with E-state index in [9.17, 15) is 19.2 Å². The summed E-state index contributed by atoms with van der Waals surface area (Å²) in [6, 6.07) is 8.67. The highest BCUT2D eigenvalue weighted by atomic mass is 16.6. The van der Waals surface area contributed by atoms with Gasteiger partial charge in [-0.2, -0.15) is 0 Å². The normalized spacial score (nSPS) is 9.36. The molecule has 25 heavy (non-hydrogen) atoms. The Hall–Kier alpha value is -3.36. The van der Waals surface area contributed by atoms with Gasteiger partial charge in [0.2, 0.25) is 0 Å². The van der Waals surface area contributed by atoms with Gasteiger partial charge < -0.3 is 14.8 Å². The minimum atomic E-state index is -1.04. The van der Waals surface area contributed by atoms with Crippen LogP contribution < -0.4 is 16.0 Å². The summed E-state index contributed by atoms with van der Waals surface area (Å²) in [5.74, 6) is -2.08. The topological polar surface area (TPSA) is 123 Å². The lowest BCUT2D eigenvalue weighted by molar-refractivity contribution is -0.122. The van der Waals surface area contributed by atoms with E-state index < -0.39 is 29.6 Å². The first-order valence-corrected chi connectivity index (χ1v) is 7.45. The number of hydrogen-bond donors (Lipinski definition) is 3. The second-order valence-corrected chi connectivity index (χ2v) is 4.42. The van der Waals surface area contributed by atoms with Crippen molar-refractivity contribution in [2.24, 2.45) is 0 Å². The van der Waals surface area contributed by atoms with Gasteiger partial charge in [0.05, 0.1) is 13.2 Å². The van der Waals surface area contributed by atoms with Crippen molar-refractivity contribution in [3.63, 3.8) is 0 Å². The molecule has 0 fully saturated rings. The average molecular weight is 349 g/mol. The number of ether oxygens (including phenoxy) is 2. The van der Waals surface area contributed by atoms with Crippen molar-refractivity contribution >= 4 is 29.7 Å². The molecule has 9 heteroatoms. The van der Waals surface area contributed by atoms with Gasteiger partial charge in [-0.1, -0.05) is 18.2 Å². The number of benzene rings is 1. The van der Waals surface area contributed by atoms with Gasteiger partial charge >= 0.3 is 12.2 Å². The van der Waals surface area contributed by atoms with E-state index >= 15 is 0 Å². The maximum atomic E-state index is 12.1. The molecule has 0 heterocycles. The third kappa shape index (κ3) is 7.16. The second kappa shape index (κ2) is 10.4. The summed E-state index contributed by atoms with van der Waals surface area (Å²) in [5.41, 5.74) is 0.0813. The molecule has 0 radical (unpaired) electrons. The summed E-state index contributed by atoms with van der Waals surface area (Å²) in [4.78, 5) is 46.9. The molecule has 0 unspecified atom stereocenters. The lowest BCUT2D eigenvalue weighted by Crippen LogP contribution is -2.40. The van der Waals surface area contributed by atoms with Crippen molar-refractivity contribution in [1.29, 1.82) is 0 Å². The van der Waals surface area contributed by atoms with Crippen LogP contribution in [0.25, 0.3) is 0 Å². The lowest BCUT2D eigenvalue weighted by atomic mass is 10.2. The van der Waals surface area contributed by atoms with Crippen LogP contribution in [0, 0.1) is 0 Å². The number of nitrogens with one attached hydrogen (secondary N) is 3. The average Bonchev–Trinajstić information content (AvgIpc) is 2.56. The Kier molecular flexibility index (Phi) is 8.21. The Bertz CT molecular complexity index is 623. The molecular weight excluding hydrogens is 330 g/mol. The summed E-state index contributed by atoms with van der Waals surface area (Å²) in [6.45, 7) is 3.22. The Morgan fingerprint density at radius 2 is 1.36 bits per heavy atom. The molecule has 3 N–H and O–H groups in total. The highest BCUT2D eigenvalue weighted by Crippen LogP contribution is 2.06. The number of para-hydroxylation sites is 1. The molecule has 4 amide bonds. The van der Waals surface area contributed by atoms with Crippen molar-refractivity contribution in [1.82, 2.24) is 10.6 Å². The third-order valence-corrected chi connectivity index (χ3v) is 2.63. The van der Waals surface area contributed by atoms with Gasteiger partial charge in [0.15, 0.2) is 0 Å². The van der Waals surface area contributed by atoms with E-state index in [2.05, 4.69) is 14.8 Å². The van der Waals surface area contributed by atoms with Gasteiger partial charge in [0.25, 0.3) is 11.8 Å². The van der Waals surface area contributed by atoms with Gasteiger partial charge in [-0.3, -0.25) is 20.2 Å². The van der Waals surface area contributed by atoms with Crippen LogP contribution in [0.3, 0.4) is 0 Å². The largest absolute Gasteiger partial charge is 0.450 e. The Morgan fingerprint density at radius 3 is 1.80 bits per heavy atom. The molecule has 0 atom stereocenters. The van der Waals surface area contributed by atoms with Crippen molar-refractivity contribution in [3.05, 3.63) is 42.1 Å². The predicted molar refractivity (Wildman–Crippen MR) is 88.5 cm³/mol. The molecule has 1 aromatic rings. The van der Waals surface area contributed by atoms with Crippen LogP contribution in [-0.4, -0.2) is 37.2 Å². The molecule has 1 aromatic carbocycles. The molecule has 0 spiro atoms. The Morgan fingerprint density at radius 1 is 0.880 bits per heavy atom. The van der Waals surface area contributed by atoms with E-state index in [0.717, 1.165) is 6.20 Å². The molecular formula is C16H19N3O6. The first-order valence-electron chi connectivity index (χ1n) is 7.45. The van der Waals surface area contributed by atoms with E-state index in [1.165, 1.54) is 0 Å². The van der Waals surface area contributed by atoms with Crippen molar-refractivity contribution in [2.45, 2.75) is 13.8 Å². The molecule has 9 nitrogen and oxygen atoms in total. The van der Waals surface area contributed by atoms with E-state index in [0.29, 0.717) is 5.69 Å². The lowest BCUT2D eigenvalue weighted by Gasteiger charge is -2.09. The standard InChI is InChI=1S/C16H19N3O6/c1-3-24-15(22)18-13(20)12(14(21)19-16(23)25-4-2)10-17-11-8-6-5-7-9-11/h5-10,17H,3-4H2,1-2H3,(H,18,20,22)(H,19,21,23). The molecule has 1 rings (SSSR count). The van der Waals surface area contributed by atoms with Crippen LogP contribution in [0.15, 0.2) is 42.1 Å². The van der Waals surface area contributed by atoms with Crippen LogP contribution in [0.1, 0.15) is 13.8 Å². The summed E-state index contributed by atoms with van der Waals surface area (Å²) >= 11 is 0. The summed E-state index contributed by atoms with van der Waals surface area (Å²) in [6.07, 6.45) is -0.956. The monoisotopic (exact) mass is 349 g/mol. The highest BCUT2D eigenvalue weighted by molar-refractivity contribution is 6.23. The van der Waals surface area contributed by atoms with Crippen molar-refractivity contribution in [3.8, 4) is 0 Å². The number of carbonyl (C=O) groups excluding carboxylic acids is 4. The molecule has 0 aliphatic rings. The Labute approximate surface area is 144 Å². The van der Waals surface area contributed by atoms with E-state index in [1.807, 2.05) is 10.6 Å². The van der Waals surface area contributed by atoms with Crippen molar-refractivity contribution in [2.75, 3.05) is 18.5 Å². The van der Waals surface area contributed by atoms with Gasteiger partial charge in [0.1, 0.15) is 5.57 Å². The van der Waals surface area contributed by atoms with Crippen molar-refractivity contribution < 1.29 is 28.7 Å². The van der Waals surface area contributed by atoms with Gasteiger partial charge in [-0.05, 0) is 26.0 Å². The molecule has 0 aliphatic carbocycles. The number of rotatable bonds is 6. The van der Waals surface area contributed by atoms with E-state index in [1.54, 1.807) is 44.2 Å². The SMILES string of the molecule is CCOC(=O)NC(=O)C(=CNc1ccccc1)C(=O)NC(=O)OCC. The summed E-state index contributed by atoms with van der Waals surface area (Å²) in [7, 11) is 0. The molecule has 134 valence electrons. The number of carbonyl (C=O) groups is 4. The third-order valence-electron chi connectivity index (χ3n) is 2.63. The maximum Gasteiger partial charge on any atom is 0.414 e. The zero-order chi connectivity index (χ0) is 18.7. The molecule has 0 bridgehead atoms. The maximum absolute atomic E-state index is 12.1. The highest BCUT2D eigenvalue weighted by Gasteiger charge is 2.23. The zero-order valence-corrected chi connectivity index (χ0v) is 13.8. The Balaban J connectivity index is 2.92. The van der Waals surface area contributed by atoms with Crippen LogP contribution in [0.2, 0.25) is 0 Å². The quantitative estimate of drug-likeness (QED) is 0.404. The van der Waals surface area contributed by atoms with Crippen LogP contribution in [0.5, 0.6) is 0 Å². The van der Waals surface area contributed by atoms with Gasteiger partial charge in [-0.15, -0.1) is 0 Å². The first-order chi connectivity index (χ1) is 12.0. The number of imide groups is 2. The number of amides is 4. The number of anilines is 1. The van der Waals surface area contributed by atoms with E-state index in [-0.39, 0.29) is 13.2 Å². The number of alkyl carbamates (subject to hydrolysis) is 2. The smallest absolute Gasteiger partial charge is 0.414 e. The number of hydrogen-bond acceptors (Lipinski definition) is 7. The van der Waals surface area contributed by atoms with Crippen LogP contribution in [0.4, 0.5) is 15.3 Å². The molecule has 0 aliphatic heterocycles. The van der Waals surface area contributed by atoms with E-state index in [4.69, 9.17) is 0 Å². The molecule has 0 aromatic heterocycles. The summed E-state index contributed by atoms with van der Waals surface area (Å²) < 4.78 is 9.17. The van der Waals surface area contributed by atoms with Gasteiger partial charge in [0, 0.05) is 11.9 Å². The zero-order valence-electron chi connectivity index (χ0n) is 13.8.